The van der Waals surface area contributed by atoms with Gasteiger partial charge in [0.25, 0.3) is 0 Å². The average molecular weight is 222 g/mol. The van der Waals surface area contributed by atoms with Crippen molar-refractivity contribution in [2.45, 2.75) is 38.7 Å². The van der Waals surface area contributed by atoms with Gasteiger partial charge in [0.2, 0.25) is 0 Å². The zero-order valence-electron chi connectivity index (χ0n) is 9.26. The zero-order chi connectivity index (χ0) is 11.5. The molecule has 0 atom stereocenters. The Labute approximate surface area is 94.6 Å². The highest BCUT2D eigenvalue weighted by molar-refractivity contribution is 6.58. The summed E-state index contributed by atoms with van der Waals surface area (Å²) in [6.45, 7) is 1.71. The Balaban J connectivity index is 2.08. The molecule has 1 fully saturated rings. The van der Waals surface area contributed by atoms with Crippen LogP contribution in [0.2, 0.25) is 0 Å². The Bertz CT molecular complexity index is 367. The lowest BCUT2D eigenvalue weighted by Gasteiger charge is -2.12. The molecule has 0 unspecified atom stereocenters. The predicted molar refractivity (Wildman–Crippen MR) is 59.5 cm³/mol. The van der Waals surface area contributed by atoms with E-state index in [-0.39, 0.29) is 6.10 Å². The van der Waals surface area contributed by atoms with Crippen LogP contribution in [0.5, 0.6) is 6.01 Å². The van der Waals surface area contributed by atoms with Crippen LogP contribution in [0.25, 0.3) is 0 Å². The normalized spacial score (nSPS) is 16.4. The molecule has 0 aromatic carbocycles. The second-order valence-electron chi connectivity index (χ2n) is 4.09. The fraction of sp³-hybridized carbons (Fsp3) is 0.600. The first kappa shape index (κ1) is 11.4. The van der Waals surface area contributed by atoms with Gasteiger partial charge in [0, 0.05) is 17.4 Å². The minimum absolute atomic E-state index is 0.212. The molecule has 5 nitrogen and oxygen atoms in total. The summed E-state index contributed by atoms with van der Waals surface area (Å²) in [6.07, 6.45) is 6.09. The molecule has 0 saturated heterocycles. The molecule has 0 amide bonds. The Morgan fingerprint density at radius 3 is 2.62 bits per heavy atom. The average Bonchev–Trinajstić information content (AvgIpc) is 2.70. The van der Waals surface area contributed by atoms with E-state index in [1.807, 2.05) is 0 Å². The van der Waals surface area contributed by atoms with Gasteiger partial charge in [-0.05, 0) is 32.6 Å². The second-order valence-corrected chi connectivity index (χ2v) is 4.09. The first-order valence-corrected chi connectivity index (χ1v) is 5.53. The SMILES string of the molecule is Cc1nc(OC2CCCC2)ncc1B(O)O. The van der Waals surface area contributed by atoms with Gasteiger partial charge in [-0.1, -0.05) is 0 Å². The maximum Gasteiger partial charge on any atom is 0.491 e. The lowest BCUT2D eigenvalue weighted by molar-refractivity contribution is 0.192. The summed E-state index contributed by atoms with van der Waals surface area (Å²) in [7, 11) is -1.53. The highest BCUT2D eigenvalue weighted by Gasteiger charge is 2.20. The highest BCUT2D eigenvalue weighted by Crippen LogP contribution is 2.21. The van der Waals surface area contributed by atoms with Crippen molar-refractivity contribution in [2.24, 2.45) is 0 Å². The van der Waals surface area contributed by atoms with Gasteiger partial charge in [-0.15, -0.1) is 0 Å². The van der Waals surface area contributed by atoms with Gasteiger partial charge in [0.15, 0.2) is 0 Å². The van der Waals surface area contributed by atoms with Gasteiger partial charge in [0.1, 0.15) is 6.10 Å². The van der Waals surface area contributed by atoms with E-state index in [0.717, 1.165) is 12.8 Å². The molecule has 1 aliphatic carbocycles. The summed E-state index contributed by atoms with van der Waals surface area (Å²) in [5.74, 6) is 0. The monoisotopic (exact) mass is 222 g/mol. The first-order valence-electron chi connectivity index (χ1n) is 5.53. The molecule has 2 N–H and O–H groups in total. The summed E-state index contributed by atoms with van der Waals surface area (Å²) < 4.78 is 5.61. The third kappa shape index (κ3) is 2.51. The fourth-order valence-electron chi connectivity index (χ4n) is 1.92. The molecule has 2 rings (SSSR count). The summed E-state index contributed by atoms with van der Waals surface area (Å²) in [5.41, 5.74) is 0.858. The molecule has 1 aromatic heterocycles. The lowest BCUT2D eigenvalue weighted by Crippen LogP contribution is -2.33. The third-order valence-electron chi connectivity index (χ3n) is 2.85. The van der Waals surface area contributed by atoms with Crippen molar-refractivity contribution < 1.29 is 14.8 Å². The number of nitrogens with zero attached hydrogens (tertiary/aromatic N) is 2. The van der Waals surface area contributed by atoms with E-state index in [0.29, 0.717) is 17.2 Å². The lowest BCUT2D eigenvalue weighted by atomic mass is 9.80. The number of ether oxygens (including phenoxy) is 1. The summed E-state index contributed by atoms with van der Waals surface area (Å²) >= 11 is 0. The molecule has 16 heavy (non-hydrogen) atoms. The van der Waals surface area contributed by atoms with Gasteiger partial charge < -0.3 is 14.8 Å². The van der Waals surface area contributed by atoms with Crippen molar-refractivity contribution in [1.82, 2.24) is 9.97 Å². The summed E-state index contributed by atoms with van der Waals surface area (Å²) in [6, 6.07) is 0.328. The second kappa shape index (κ2) is 4.80. The minimum Gasteiger partial charge on any atom is -0.460 e. The minimum atomic E-state index is -1.53. The van der Waals surface area contributed by atoms with Crippen LogP contribution in [-0.4, -0.2) is 33.2 Å². The maximum atomic E-state index is 9.01. The van der Waals surface area contributed by atoms with Gasteiger partial charge in [-0.2, -0.15) is 0 Å². The molecule has 6 heteroatoms. The molecular weight excluding hydrogens is 207 g/mol. The molecule has 1 aromatic rings. The van der Waals surface area contributed by atoms with Crippen LogP contribution in [0.15, 0.2) is 6.20 Å². The molecule has 1 saturated carbocycles. The molecule has 86 valence electrons. The molecular formula is C10H15BN2O3. The summed E-state index contributed by atoms with van der Waals surface area (Å²) in [5, 5.41) is 18.0. The topological polar surface area (TPSA) is 75.5 Å². The van der Waals surface area contributed by atoms with Crippen molar-refractivity contribution >= 4 is 12.6 Å². The number of hydrogen-bond donors (Lipinski definition) is 2. The van der Waals surface area contributed by atoms with Crippen LogP contribution >= 0.6 is 0 Å². The van der Waals surface area contributed by atoms with E-state index in [1.165, 1.54) is 19.0 Å². The molecule has 1 aliphatic rings. The van der Waals surface area contributed by atoms with Crippen molar-refractivity contribution in [2.75, 3.05) is 0 Å². The maximum absolute atomic E-state index is 9.01. The van der Waals surface area contributed by atoms with Crippen LogP contribution in [0, 0.1) is 6.92 Å². The van der Waals surface area contributed by atoms with Crippen LogP contribution in [-0.2, 0) is 0 Å². The predicted octanol–water partition coefficient (Wildman–Crippen LogP) is -0.214. The number of aryl methyl sites for hydroxylation is 1. The van der Waals surface area contributed by atoms with E-state index in [9.17, 15) is 0 Å². The Hall–Kier alpha value is -1.14. The van der Waals surface area contributed by atoms with E-state index in [2.05, 4.69) is 9.97 Å². The Morgan fingerprint density at radius 1 is 1.38 bits per heavy atom. The van der Waals surface area contributed by atoms with Gasteiger partial charge >= 0.3 is 13.1 Å². The van der Waals surface area contributed by atoms with Crippen LogP contribution < -0.4 is 10.2 Å². The molecule has 0 bridgehead atoms. The molecule has 0 spiro atoms. The van der Waals surface area contributed by atoms with Gasteiger partial charge in [-0.25, -0.2) is 9.97 Å². The van der Waals surface area contributed by atoms with Gasteiger partial charge in [0.05, 0.1) is 0 Å². The number of hydrogen-bond acceptors (Lipinski definition) is 5. The number of aromatic nitrogens is 2. The highest BCUT2D eigenvalue weighted by atomic mass is 16.5. The van der Waals surface area contributed by atoms with Crippen LogP contribution in [0.4, 0.5) is 0 Å². The number of rotatable bonds is 3. The van der Waals surface area contributed by atoms with Crippen molar-refractivity contribution in [3.05, 3.63) is 11.9 Å². The third-order valence-corrected chi connectivity index (χ3v) is 2.85. The fourth-order valence-corrected chi connectivity index (χ4v) is 1.92. The standard InChI is InChI=1S/C10H15BN2O3/c1-7-9(11(14)15)6-12-10(13-7)16-8-4-2-3-5-8/h6,8,14-15H,2-5H2,1H3. The smallest absolute Gasteiger partial charge is 0.460 e. The first-order chi connectivity index (χ1) is 7.66. The molecule has 0 radical (unpaired) electrons. The van der Waals surface area contributed by atoms with E-state index >= 15 is 0 Å². The Morgan fingerprint density at radius 2 is 2.06 bits per heavy atom. The quantitative estimate of drug-likeness (QED) is 0.692. The van der Waals surface area contributed by atoms with Crippen molar-refractivity contribution in [3.8, 4) is 6.01 Å². The zero-order valence-corrected chi connectivity index (χ0v) is 9.26. The molecule has 1 heterocycles. The van der Waals surface area contributed by atoms with Crippen LogP contribution in [0.1, 0.15) is 31.4 Å². The van der Waals surface area contributed by atoms with E-state index in [1.54, 1.807) is 6.92 Å². The summed E-state index contributed by atoms with van der Waals surface area (Å²) in [4.78, 5) is 8.08. The Kier molecular flexibility index (Phi) is 3.41. The molecule has 0 aliphatic heterocycles. The van der Waals surface area contributed by atoms with E-state index in [4.69, 9.17) is 14.8 Å². The van der Waals surface area contributed by atoms with Gasteiger partial charge in [-0.3, -0.25) is 0 Å². The van der Waals surface area contributed by atoms with Crippen molar-refractivity contribution in [3.63, 3.8) is 0 Å². The largest absolute Gasteiger partial charge is 0.491 e. The van der Waals surface area contributed by atoms with E-state index < -0.39 is 7.12 Å². The van der Waals surface area contributed by atoms with Crippen molar-refractivity contribution in [1.29, 1.82) is 0 Å². The van der Waals surface area contributed by atoms with Crippen LogP contribution in [0.3, 0.4) is 0 Å².